The van der Waals surface area contributed by atoms with Gasteiger partial charge in [-0.25, -0.2) is 0 Å². The SMILES string of the molecule is CC(C)(C)C(=O)N1CCCC1C(=O)Nc1nnc(-c2cccc(Br)c2)s1. The molecule has 2 aromatic rings. The van der Waals surface area contributed by atoms with E-state index in [1.54, 1.807) is 4.90 Å². The minimum Gasteiger partial charge on any atom is -0.330 e. The lowest BCUT2D eigenvalue weighted by molar-refractivity contribution is -0.143. The second-order valence-electron chi connectivity index (χ2n) is 7.32. The summed E-state index contributed by atoms with van der Waals surface area (Å²) < 4.78 is 0.957. The van der Waals surface area contributed by atoms with Gasteiger partial charge in [-0.05, 0) is 25.0 Å². The molecule has 1 aromatic carbocycles. The van der Waals surface area contributed by atoms with Crippen molar-refractivity contribution in [2.75, 3.05) is 11.9 Å². The number of rotatable bonds is 3. The molecule has 2 amide bonds. The number of amides is 2. The lowest BCUT2D eigenvalue weighted by atomic mass is 9.94. The van der Waals surface area contributed by atoms with E-state index in [9.17, 15) is 9.59 Å². The monoisotopic (exact) mass is 436 g/mol. The molecule has 1 atom stereocenters. The quantitative estimate of drug-likeness (QED) is 0.789. The van der Waals surface area contributed by atoms with Crippen LogP contribution in [0.2, 0.25) is 0 Å². The summed E-state index contributed by atoms with van der Waals surface area (Å²) in [6.45, 7) is 6.24. The van der Waals surface area contributed by atoms with Gasteiger partial charge in [-0.15, -0.1) is 10.2 Å². The second-order valence-corrected chi connectivity index (χ2v) is 9.21. The van der Waals surface area contributed by atoms with Crippen molar-refractivity contribution in [3.63, 3.8) is 0 Å². The highest BCUT2D eigenvalue weighted by Gasteiger charge is 2.38. The molecule has 0 saturated carbocycles. The maximum Gasteiger partial charge on any atom is 0.249 e. The first-order valence-electron chi connectivity index (χ1n) is 8.47. The Morgan fingerprint density at radius 1 is 1.31 bits per heavy atom. The Kier molecular flexibility index (Phi) is 5.43. The fourth-order valence-electron chi connectivity index (χ4n) is 2.91. The molecule has 1 aliphatic rings. The molecule has 3 rings (SSSR count). The van der Waals surface area contributed by atoms with E-state index in [-0.39, 0.29) is 11.8 Å². The highest BCUT2D eigenvalue weighted by atomic mass is 79.9. The van der Waals surface area contributed by atoms with Crippen molar-refractivity contribution in [1.82, 2.24) is 15.1 Å². The van der Waals surface area contributed by atoms with Crippen molar-refractivity contribution in [3.05, 3.63) is 28.7 Å². The summed E-state index contributed by atoms with van der Waals surface area (Å²) in [5, 5.41) is 12.2. The fourth-order valence-corrected chi connectivity index (χ4v) is 4.06. The van der Waals surface area contributed by atoms with Crippen LogP contribution in [0.3, 0.4) is 0 Å². The lowest BCUT2D eigenvalue weighted by Gasteiger charge is -2.29. The zero-order valence-corrected chi connectivity index (χ0v) is 17.4. The van der Waals surface area contributed by atoms with Crippen LogP contribution in [0.25, 0.3) is 10.6 Å². The molecule has 1 N–H and O–H groups in total. The average Bonchev–Trinajstić information content (AvgIpc) is 3.22. The van der Waals surface area contributed by atoms with Gasteiger partial charge < -0.3 is 4.90 Å². The van der Waals surface area contributed by atoms with E-state index in [0.29, 0.717) is 18.1 Å². The number of hydrogen-bond acceptors (Lipinski definition) is 5. The summed E-state index contributed by atoms with van der Waals surface area (Å²) in [5.74, 6) is -0.195. The number of aromatic nitrogens is 2. The van der Waals surface area contributed by atoms with E-state index < -0.39 is 11.5 Å². The maximum absolute atomic E-state index is 12.7. The van der Waals surface area contributed by atoms with E-state index in [2.05, 4.69) is 31.4 Å². The summed E-state index contributed by atoms with van der Waals surface area (Å²) in [7, 11) is 0. The van der Waals surface area contributed by atoms with E-state index in [0.717, 1.165) is 21.5 Å². The predicted octanol–water partition coefficient (Wildman–Crippen LogP) is 3.94. The maximum atomic E-state index is 12.7. The molecule has 2 heterocycles. The van der Waals surface area contributed by atoms with Crippen molar-refractivity contribution < 1.29 is 9.59 Å². The molecule has 1 unspecified atom stereocenters. The minimum atomic E-state index is -0.501. The summed E-state index contributed by atoms with van der Waals surface area (Å²) >= 11 is 4.76. The first-order valence-corrected chi connectivity index (χ1v) is 10.1. The van der Waals surface area contributed by atoms with Gasteiger partial charge in [0, 0.05) is 22.0 Å². The van der Waals surface area contributed by atoms with Gasteiger partial charge >= 0.3 is 0 Å². The van der Waals surface area contributed by atoms with Crippen molar-refractivity contribution in [2.45, 2.75) is 39.7 Å². The van der Waals surface area contributed by atoms with E-state index in [4.69, 9.17) is 0 Å². The number of hydrogen-bond donors (Lipinski definition) is 1. The largest absolute Gasteiger partial charge is 0.330 e. The highest BCUT2D eigenvalue weighted by Crippen LogP contribution is 2.30. The van der Waals surface area contributed by atoms with Crippen LogP contribution in [0.5, 0.6) is 0 Å². The molecule has 0 radical (unpaired) electrons. The molecule has 138 valence electrons. The Morgan fingerprint density at radius 2 is 2.08 bits per heavy atom. The second kappa shape index (κ2) is 7.44. The Morgan fingerprint density at radius 3 is 2.77 bits per heavy atom. The normalized spacial score (nSPS) is 17.4. The zero-order chi connectivity index (χ0) is 18.9. The van der Waals surface area contributed by atoms with Crippen molar-refractivity contribution in [1.29, 1.82) is 0 Å². The molecule has 1 saturated heterocycles. The first-order chi connectivity index (χ1) is 12.3. The summed E-state index contributed by atoms with van der Waals surface area (Å²) in [4.78, 5) is 26.9. The number of nitrogens with zero attached hydrogens (tertiary/aromatic N) is 3. The van der Waals surface area contributed by atoms with Crippen LogP contribution in [-0.4, -0.2) is 39.5 Å². The first kappa shape index (κ1) is 19.0. The molecule has 8 heteroatoms. The van der Waals surface area contributed by atoms with Gasteiger partial charge in [0.2, 0.25) is 16.9 Å². The van der Waals surface area contributed by atoms with Crippen molar-refractivity contribution >= 4 is 44.2 Å². The fraction of sp³-hybridized carbons (Fsp3) is 0.444. The van der Waals surface area contributed by atoms with Crippen LogP contribution < -0.4 is 5.32 Å². The third-order valence-corrected chi connectivity index (χ3v) is 5.57. The molecule has 1 aromatic heterocycles. The number of likely N-dealkylation sites (tertiary alicyclic amines) is 1. The summed E-state index contributed by atoms with van der Waals surface area (Å²) in [6, 6.07) is 7.31. The van der Waals surface area contributed by atoms with Crippen LogP contribution >= 0.6 is 27.3 Å². The number of carbonyl (C=O) groups is 2. The molecule has 6 nitrogen and oxygen atoms in total. The lowest BCUT2D eigenvalue weighted by Crippen LogP contribution is -2.47. The van der Waals surface area contributed by atoms with E-state index in [1.807, 2.05) is 45.0 Å². The van der Waals surface area contributed by atoms with Crippen LogP contribution in [0.1, 0.15) is 33.6 Å². The summed E-state index contributed by atoms with van der Waals surface area (Å²) in [6.07, 6.45) is 1.50. The topological polar surface area (TPSA) is 75.2 Å². The van der Waals surface area contributed by atoms with E-state index in [1.165, 1.54) is 11.3 Å². The van der Waals surface area contributed by atoms with Crippen LogP contribution in [-0.2, 0) is 9.59 Å². The third-order valence-electron chi connectivity index (χ3n) is 4.18. The van der Waals surface area contributed by atoms with Gasteiger partial charge in [0.25, 0.3) is 0 Å². The Bertz CT molecular complexity index is 831. The molecule has 0 bridgehead atoms. The van der Waals surface area contributed by atoms with Gasteiger partial charge in [0.05, 0.1) is 0 Å². The number of benzene rings is 1. The van der Waals surface area contributed by atoms with Crippen LogP contribution in [0, 0.1) is 5.41 Å². The Labute approximate surface area is 165 Å². The average molecular weight is 437 g/mol. The smallest absolute Gasteiger partial charge is 0.249 e. The molecular formula is C18H21BrN4O2S. The number of anilines is 1. The van der Waals surface area contributed by atoms with Gasteiger partial charge in [-0.1, -0.05) is 60.2 Å². The number of carbonyl (C=O) groups excluding carboxylic acids is 2. The Balaban J connectivity index is 1.71. The Hall–Kier alpha value is -1.80. The molecular weight excluding hydrogens is 416 g/mol. The standard InChI is InChI=1S/C18H21BrN4O2S/c1-18(2,3)16(25)23-9-5-8-13(23)14(24)20-17-22-21-15(26-17)11-6-4-7-12(19)10-11/h4,6-7,10,13H,5,8-9H2,1-3H3,(H,20,22,24). The van der Waals surface area contributed by atoms with Gasteiger partial charge in [0.1, 0.15) is 11.0 Å². The van der Waals surface area contributed by atoms with Gasteiger partial charge in [-0.3, -0.25) is 14.9 Å². The number of nitrogens with one attached hydrogen (secondary N) is 1. The molecule has 0 aliphatic carbocycles. The molecule has 1 aliphatic heterocycles. The molecule has 1 fully saturated rings. The van der Waals surface area contributed by atoms with E-state index >= 15 is 0 Å². The van der Waals surface area contributed by atoms with Crippen LogP contribution in [0.15, 0.2) is 28.7 Å². The highest BCUT2D eigenvalue weighted by molar-refractivity contribution is 9.10. The van der Waals surface area contributed by atoms with Gasteiger partial charge in [-0.2, -0.15) is 0 Å². The molecule has 26 heavy (non-hydrogen) atoms. The van der Waals surface area contributed by atoms with Crippen molar-refractivity contribution in [3.8, 4) is 10.6 Å². The van der Waals surface area contributed by atoms with Crippen LogP contribution in [0.4, 0.5) is 5.13 Å². The predicted molar refractivity (Wildman–Crippen MR) is 106 cm³/mol. The summed E-state index contributed by atoms with van der Waals surface area (Å²) in [5.41, 5.74) is 0.433. The van der Waals surface area contributed by atoms with Gasteiger partial charge in [0.15, 0.2) is 0 Å². The third kappa shape index (κ3) is 4.12. The number of halogens is 1. The van der Waals surface area contributed by atoms with Crippen molar-refractivity contribution in [2.24, 2.45) is 5.41 Å². The molecule has 0 spiro atoms. The zero-order valence-electron chi connectivity index (χ0n) is 15.0. The minimum absolute atomic E-state index is 0.00207.